The Morgan fingerprint density at radius 2 is 1.91 bits per heavy atom. The van der Waals surface area contributed by atoms with Gasteiger partial charge in [0.1, 0.15) is 5.75 Å². The Labute approximate surface area is 187 Å². The molecule has 2 aromatic heterocycles. The van der Waals surface area contributed by atoms with Crippen molar-refractivity contribution in [2.24, 2.45) is 0 Å². The molecule has 0 spiro atoms. The second-order valence-corrected chi connectivity index (χ2v) is 8.18. The molecule has 2 aromatic carbocycles. The summed E-state index contributed by atoms with van der Waals surface area (Å²) in [7, 11) is 1.71. The van der Waals surface area contributed by atoms with Gasteiger partial charge in [0.05, 0.1) is 19.2 Å². The molecule has 0 radical (unpaired) electrons. The normalized spacial score (nSPS) is 17.7. The first-order valence-electron chi connectivity index (χ1n) is 11.1. The molecule has 1 aliphatic carbocycles. The minimum Gasteiger partial charge on any atom is -0.497 e. The van der Waals surface area contributed by atoms with Crippen molar-refractivity contribution in [1.29, 1.82) is 0 Å². The van der Waals surface area contributed by atoms with Gasteiger partial charge in [0.2, 0.25) is 0 Å². The highest BCUT2D eigenvalue weighted by molar-refractivity contribution is 5.88. The largest absolute Gasteiger partial charge is 0.497 e. The van der Waals surface area contributed by atoms with Gasteiger partial charge in [-0.05, 0) is 72.2 Å². The number of methoxy groups -OCH3 is 1. The SMILES string of the molecule is CCOC(=O)c1cc2ccc(C3c4ccc(OC)cc4CCC3c3ccccc3)cn2n1. The lowest BCUT2D eigenvalue weighted by Crippen LogP contribution is -2.21. The van der Waals surface area contributed by atoms with Gasteiger partial charge in [0.15, 0.2) is 5.69 Å². The number of benzene rings is 2. The summed E-state index contributed by atoms with van der Waals surface area (Å²) in [4.78, 5) is 12.2. The summed E-state index contributed by atoms with van der Waals surface area (Å²) >= 11 is 0. The van der Waals surface area contributed by atoms with E-state index in [0.717, 1.165) is 24.1 Å². The minimum absolute atomic E-state index is 0.187. The minimum atomic E-state index is -0.394. The van der Waals surface area contributed by atoms with Gasteiger partial charge in [0, 0.05) is 12.1 Å². The van der Waals surface area contributed by atoms with E-state index >= 15 is 0 Å². The second kappa shape index (κ2) is 8.50. The lowest BCUT2D eigenvalue weighted by molar-refractivity contribution is 0.0519. The highest BCUT2D eigenvalue weighted by Crippen LogP contribution is 2.46. The van der Waals surface area contributed by atoms with Gasteiger partial charge in [-0.1, -0.05) is 42.5 Å². The molecule has 4 aromatic rings. The fourth-order valence-electron chi connectivity index (χ4n) is 4.89. The van der Waals surface area contributed by atoms with Crippen LogP contribution in [0.3, 0.4) is 0 Å². The summed E-state index contributed by atoms with van der Waals surface area (Å²) in [5, 5.41) is 4.49. The third kappa shape index (κ3) is 3.64. The van der Waals surface area contributed by atoms with Crippen molar-refractivity contribution in [3.05, 3.63) is 101 Å². The van der Waals surface area contributed by atoms with E-state index in [4.69, 9.17) is 9.47 Å². The average Bonchev–Trinajstić information content (AvgIpc) is 3.27. The molecular weight excluding hydrogens is 400 g/mol. The molecule has 0 amide bonds. The van der Waals surface area contributed by atoms with E-state index < -0.39 is 5.97 Å². The van der Waals surface area contributed by atoms with Crippen LogP contribution in [0.4, 0.5) is 0 Å². The molecule has 0 aliphatic heterocycles. The van der Waals surface area contributed by atoms with Crippen LogP contribution in [0, 0.1) is 0 Å². The van der Waals surface area contributed by atoms with Crippen LogP contribution in [0.25, 0.3) is 5.52 Å². The molecule has 0 N–H and O–H groups in total. The van der Waals surface area contributed by atoms with Crippen molar-refractivity contribution in [2.45, 2.75) is 31.6 Å². The van der Waals surface area contributed by atoms with Gasteiger partial charge in [0.25, 0.3) is 0 Å². The first-order valence-corrected chi connectivity index (χ1v) is 11.1. The van der Waals surface area contributed by atoms with Gasteiger partial charge >= 0.3 is 5.97 Å². The highest BCUT2D eigenvalue weighted by Gasteiger charge is 2.32. The zero-order chi connectivity index (χ0) is 22.1. The first-order chi connectivity index (χ1) is 15.7. The predicted molar refractivity (Wildman–Crippen MR) is 123 cm³/mol. The lowest BCUT2D eigenvalue weighted by Gasteiger charge is -2.34. The van der Waals surface area contributed by atoms with Crippen LogP contribution in [-0.2, 0) is 11.2 Å². The van der Waals surface area contributed by atoms with Crippen molar-refractivity contribution in [2.75, 3.05) is 13.7 Å². The number of carbonyl (C=O) groups excluding carboxylic acids is 1. The summed E-state index contributed by atoms with van der Waals surface area (Å²) in [6, 6.07) is 23.1. The molecule has 0 fully saturated rings. The molecule has 2 heterocycles. The fraction of sp³-hybridized carbons (Fsp3) is 0.259. The summed E-state index contributed by atoms with van der Waals surface area (Å²) < 4.78 is 12.4. The third-order valence-electron chi connectivity index (χ3n) is 6.37. The number of hydrogen-bond acceptors (Lipinski definition) is 4. The van der Waals surface area contributed by atoms with Crippen LogP contribution in [0.15, 0.2) is 72.9 Å². The Hall–Kier alpha value is -3.60. The van der Waals surface area contributed by atoms with Crippen molar-refractivity contribution >= 4 is 11.5 Å². The molecular formula is C27H26N2O3. The summed E-state index contributed by atoms with van der Waals surface area (Å²) in [6.07, 6.45) is 4.12. The maximum absolute atomic E-state index is 12.2. The number of aryl methyl sites for hydroxylation is 1. The predicted octanol–water partition coefficient (Wildman–Crippen LogP) is 5.38. The van der Waals surface area contributed by atoms with Gasteiger partial charge in [-0.25, -0.2) is 9.31 Å². The van der Waals surface area contributed by atoms with Gasteiger partial charge < -0.3 is 9.47 Å². The lowest BCUT2D eigenvalue weighted by atomic mass is 9.69. The van der Waals surface area contributed by atoms with E-state index in [0.29, 0.717) is 18.2 Å². The van der Waals surface area contributed by atoms with Crippen molar-refractivity contribution in [1.82, 2.24) is 9.61 Å². The van der Waals surface area contributed by atoms with E-state index in [9.17, 15) is 4.79 Å². The maximum Gasteiger partial charge on any atom is 0.358 e. The number of aromatic nitrogens is 2. The molecule has 162 valence electrons. The van der Waals surface area contributed by atoms with Crippen LogP contribution in [0.1, 0.15) is 57.9 Å². The first kappa shape index (κ1) is 20.3. The van der Waals surface area contributed by atoms with E-state index in [2.05, 4.69) is 59.8 Å². The number of rotatable bonds is 5. The molecule has 0 saturated heterocycles. The highest BCUT2D eigenvalue weighted by atomic mass is 16.5. The Bertz CT molecular complexity index is 1260. The van der Waals surface area contributed by atoms with Crippen molar-refractivity contribution in [3.63, 3.8) is 0 Å². The van der Waals surface area contributed by atoms with Gasteiger partial charge in [-0.2, -0.15) is 5.10 Å². The molecule has 1 aliphatic rings. The smallest absolute Gasteiger partial charge is 0.358 e. The monoisotopic (exact) mass is 426 g/mol. The standard InChI is InChI=1S/C27H26N2O3/c1-3-32-27(30)25-16-21-11-9-20(17-29(21)28-25)26-23(18-7-5-4-6-8-18)13-10-19-15-22(31-2)12-14-24(19)26/h4-9,11-12,14-17,23,26H,3,10,13H2,1-2H3. The van der Waals surface area contributed by atoms with Crippen LogP contribution < -0.4 is 4.74 Å². The summed E-state index contributed by atoms with van der Waals surface area (Å²) in [6.45, 7) is 2.13. The molecule has 5 nitrogen and oxygen atoms in total. The zero-order valence-corrected chi connectivity index (χ0v) is 18.3. The number of fused-ring (bicyclic) bond motifs is 2. The Morgan fingerprint density at radius 1 is 1.06 bits per heavy atom. The number of carbonyl (C=O) groups is 1. The quantitative estimate of drug-likeness (QED) is 0.402. The van der Waals surface area contributed by atoms with E-state index in [-0.39, 0.29) is 5.92 Å². The molecule has 2 atom stereocenters. The number of hydrogen-bond donors (Lipinski definition) is 0. The Balaban J connectivity index is 1.62. The molecule has 0 saturated carbocycles. The number of nitrogens with zero attached hydrogens (tertiary/aromatic N) is 2. The summed E-state index contributed by atoms with van der Waals surface area (Å²) in [5.74, 6) is 1.04. The van der Waals surface area contributed by atoms with Crippen LogP contribution >= 0.6 is 0 Å². The maximum atomic E-state index is 12.2. The van der Waals surface area contributed by atoms with Crippen molar-refractivity contribution in [3.8, 4) is 5.75 Å². The number of pyridine rings is 1. The molecule has 5 rings (SSSR count). The number of ether oxygens (including phenoxy) is 2. The fourth-order valence-corrected chi connectivity index (χ4v) is 4.89. The Morgan fingerprint density at radius 3 is 2.69 bits per heavy atom. The molecule has 2 unspecified atom stereocenters. The van der Waals surface area contributed by atoms with Gasteiger partial charge in [-0.15, -0.1) is 0 Å². The van der Waals surface area contributed by atoms with E-state index in [1.54, 1.807) is 24.6 Å². The third-order valence-corrected chi connectivity index (χ3v) is 6.37. The topological polar surface area (TPSA) is 52.8 Å². The molecule has 5 heteroatoms. The zero-order valence-electron chi connectivity index (χ0n) is 18.3. The van der Waals surface area contributed by atoms with Crippen molar-refractivity contribution < 1.29 is 14.3 Å². The summed E-state index contributed by atoms with van der Waals surface area (Å²) in [5.41, 5.74) is 6.37. The van der Waals surface area contributed by atoms with Crippen LogP contribution in [-0.4, -0.2) is 29.3 Å². The second-order valence-electron chi connectivity index (χ2n) is 8.18. The Kier molecular flexibility index (Phi) is 5.39. The van der Waals surface area contributed by atoms with Crippen LogP contribution in [0.2, 0.25) is 0 Å². The van der Waals surface area contributed by atoms with Crippen LogP contribution in [0.5, 0.6) is 5.75 Å². The molecule has 0 bridgehead atoms. The average molecular weight is 427 g/mol. The van der Waals surface area contributed by atoms with E-state index in [1.165, 1.54) is 22.3 Å². The van der Waals surface area contributed by atoms with E-state index in [1.807, 2.05) is 12.1 Å². The number of esters is 1. The van der Waals surface area contributed by atoms with Gasteiger partial charge in [-0.3, -0.25) is 0 Å². The molecule has 32 heavy (non-hydrogen) atoms.